The molecule has 0 atom stereocenters. The van der Waals surface area contributed by atoms with Crippen LogP contribution in [0.1, 0.15) is 34.6 Å². The van der Waals surface area contributed by atoms with Crippen LogP contribution in [0.5, 0.6) is 0 Å². The van der Waals surface area contributed by atoms with E-state index in [1.807, 2.05) is 33.8 Å². The van der Waals surface area contributed by atoms with Crippen LogP contribution in [-0.2, 0) is 16.1 Å². The lowest BCUT2D eigenvalue weighted by Crippen LogP contribution is -2.42. The first-order chi connectivity index (χ1) is 17.1. The molecule has 0 saturated carbocycles. The lowest BCUT2D eigenvalue weighted by molar-refractivity contribution is -0.118. The monoisotopic (exact) mass is 509 g/mol. The Morgan fingerprint density at radius 2 is 1.83 bits per heavy atom. The summed E-state index contributed by atoms with van der Waals surface area (Å²) in [7, 11) is 0. The first-order valence-corrected chi connectivity index (χ1v) is 12.4. The van der Waals surface area contributed by atoms with Gasteiger partial charge >= 0.3 is 0 Å². The second kappa shape index (κ2) is 13.2. The van der Waals surface area contributed by atoms with Gasteiger partial charge in [-0.1, -0.05) is 6.07 Å². The average Bonchev–Trinajstić information content (AvgIpc) is 3.14. The summed E-state index contributed by atoms with van der Waals surface area (Å²) in [6.45, 7) is 10.2. The number of nitrogens with zero attached hydrogens (tertiary/aromatic N) is 4. The number of nitrogens with one attached hydrogen (secondary N) is 3. The second-order valence-corrected chi connectivity index (χ2v) is 9.46. The molecule has 2 aromatic rings. The fourth-order valence-corrected chi connectivity index (χ4v) is 4.65. The summed E-state index contributed by atoms with van der Waals surface area (Å²) in [5.74, 6) is -0.833. The maximum absolute atomic E-state index is 12.9. The van der Waals surface area contributed by atoms with Crippen molar-refractivity contribution in [1.82, 2.24) is 14.8 Å². The summed E-state index contributed by atoms with van der Waals surface area (Å²) < 4.78 is 1.86. The van der Waals surface area contributed by atoms with Crippen LogP contribution in [0, 0.1) is 22.7 Å². The molecular weight excluding hydrogens is 478 g/mol. The van der Waals surface area contributed by atoms with Crippen molar-refractivity contribution >= 4 is 46.3 Å². The molecule has 2 amide bonds. The molecule has 36 heavy (non-hydrogen) atoms. The van der Waals surface area contributed by atoms with Gasteiger partial charge in [0.2, 0.25) is 5.91 Å². The van der Waals surface area contributed by atoms with Crippen LogP contribution in [0.25, 0.3) is 11.8 Å². The maximum atomic E-state index is 12.9. The fraction of sp³-hybridized carbons (Fsp3) is 0.400. The molecule has 0 spiro atoms. The Balaban J connectivity index is 2.31. The molecule has 1 aromatic carbocycles. The molecule has 3 N–H and O–H groups in total. The van der Waals surface area contributed by atoms with E-state index in [9.17, 15) is 19.6 Å². The number of carbonyl (C=O) groups excluding carboxylic acids is 2. The highest BCUT2D eigenvalue weighted by Gasteiger charge is 2.17. The molecule has 0 fully saturated rings. The molecule has 0 aliphatic carbocycles. The molecule has 0 bridgehead atoms. The van der Waals surface area contributed by atoms with Crippen LogP contribution in [0.4, 0.5) is 11.4 Å². The third kappa shape index (κ3) is 7.28. The van der Waals surface area contributed by atoms with Crippen molar-refractivity contribution < 1.29 is 9.59 Å². The lowest BCUT2D eigenvalue weighted by Gasteiger charge is -2.29. The Hall–Kier alpha value is -3.93. The molecule has 0 unspecified atom stereocenters. The molecule has 10 nitrogen and oxygen atoms in total. The lowest BCUT2D eigenvalue weighted by atomic mass is 10.2. The van der Waals surface area contributed by atoms with E-state index in [0.29, 0.717) is 15.9 Å². The van der Waals surface area contributed by atoms with Gasteiger partial charge in [0.15, 0.2) is 5.57 Å². The van der Waals surface area contributed by atoms with Gasteiger partial charge in [-0.15, -0.1) is 11.3 Å². The molecule has 0 aliphatic rings. The minimum absolute atomic E-state index is 0.124. The van der Waals surface area contributed by atoms with E-state index in [-0.39, 0.29) is 53.4 Å². The largest absolute Gasteiger partial charge is 0.360 e. The molecule has 0 radical (unpaired) electrons. The van der Waals surface area contributed by atoms with Gasteiger partial charge in [-0.3, -0.25) is 23.9 Å². The summed E-state index contributed by atoms with van der Waals surface area (Å²) in [6, 6.07) is 11.2. The van der Waals surface area contributed by atoms with Gasteiger partial charge in [0, 0.05) is 36.2 Å². The number of anilines is 2. The minimum Gasteiger partial charge on any atom is -0.360 e. The summed E-state index contributed by atoms with van der Waals surface area (Å²) in [4.78, 5) is 39.8. The Morgan fingerprint density at radius 1 is 1.17 bits per heavy atom. The average molecular weight is 510 g/mol. The van der Waals surface area contributed by atoms with Gasteiger partial charge in [-0.2, -0.15) is 10.5 Å². The Morgan fingerprint density at radius 3 is 2.42 bits per heavy atom. The summed E-state index contributed by atoms with van der Waals surface area (Å²) >= 11 is 1.01. The van der Waals surface area contributed by atoms with Crippen molar-refractivity contribution in [2.45, 2.75) is 53.2 Å². The first kappa shape index (κ1) is 28.3. The van der Waals surface area contributed by atoms with E-state index in [2.05, 4.69) is 20.9 Å². The number of thiazole rings is 1. The van der Waals surface area contributed by atoms with Crippen LogP contribution >= 0.6 is 11.3 Å². The van der Waals surface area contributed by atoms with Gasteiger partial charge in [-0.25, -0.2) is 0 Å². The zero-order chi connectivity index (χ0) is 26.8. The van der Waals surface area contributed by atoms with Gasteiger partial charge < -0.3 is 16.0 Å². The van der Waals surface area contributed by atoms with Crippen molar-refractivity contribution in [3.05, 3.63) is 43.8 Å². The van der Waals surface area contributed by atoms with E-state index < -0.39 is 5.91 Å². The topological polar surface area (TPSA) is 143 Å². The van der Waals surface area contributed by atoms with Crippen LogP contribution in [0.3, 0.4) is 0 Å². The van der Waals surface area contributed by atoms with Gasteiger partial charge in [-0.05, 0) is 52.8 Å². The molecule has 0 saturated heterocycles. The van der Waals surface area contributed by atoms with Crippen LogP contribution in [-0.4, -0.2) is 46.5 Å². The Bertz CT molecular complexity index is 1350. The van der Waals surface area contributed by atoms with Crippen molar-refractivity contribution in [3.8, 4) is 12.1 Å². The number of carbonyl (C=O) groups is 2. The third-order valence-corrected chi connectivity index (χ3v) is 6.40. The molecule has 11 heteroatoms. The van der Waals surface area contributed by atoms with E-state index in [4.69, 9.17) is 5.26 Å². The minimum atomic E-state index is -0.709. The highest BCUT2D eigenvalue weighted by molar-refractivity contribution is 7.07. The third-order valence-electron chi connectivity index (χ3n) is 5.27. The zero-order valence-electron chi connectivity index (χ0n) is 21.1. The fourth-order valence-electron chi connectivity index (χ4n) is 3.56. The normalized spacial score (nSPS) is 12.3. The molecule has 1 heterocycles. The second-order valence-electron chi connectivity index (χ2n) is 8.43. The Labute approximate surface area is 214 Å². The predicted octanol–water partition coefficient (Wildman–Crippen LogP) is 1.15. The van der Waals surface area contributed by atoms with Crippen LogP contribution < -0.4 is 30.7 Å². The van der Waals surface area contributed by atoms with E-state index in [1.165, 1.54) is 10.8 Å². The summed E-state index contributed by atoms with van der Waals surface area (Å²) in [6.07, 6.45) is 1.50. The number of benzene rings is 1. The number of nitriles is 2. The number of amides is 2. The first-order valence-electron chi connectivity index (χ1n) is 11.5. The Kier molecular flexibility index (Phi) is 10.4. The maximum Gasteiger partial charge on any atom is 0.270 e. The van der Waals surface area contributed by atoms with E-state index in [1.54, 1.807) is 37.3 Å². The van der Waals surface area contributed by atoms with Crippen molar-refractivity contribution in [2.24, 2.45) is 0 Å². The SMILES string of the molecule is CCn1c(=C(C#N)C(=O)NCC#N)sc(=CNc2cccc(NC(=O)CN(C(C)C)C(C)C)c2)c1=O. The van der Waals surface area contributed by atoms with Crippen molar-refractivity contribution in [2.75, 3.05) is 23.7 Å². The molecule has 1 aromatic heterocycles. The molecule has 190 valence electrons. The highest BCUT2D eigenvalue weighted by Crippen LogP contribution is 2.15. The molecule has 2 rings (SSSR count). The quantitative estimate of drug-likeness (QED) is 0.408. The molecular formula is C25H31N7O3S. The number of rotatable bonds is 10. The van der Waals surface area contributed by atoms with E-state index >= 15 is 0 Å². The van der Waals surface area contributed by atoms with Gasteiger partial charge in [0.1, 0.15) is 21.8 Å². The van der Waals surface area contributed by atoms with E-state index in [0.717, 1.165) is 11.3 Å². The number of hydrogen-bond donors (Lipinski definition) is 3. The summed E-state index contributed by atoms with van der Waals surface area (Å²) in [5.41, 5.74) is 0.678. The predicted molar refractivity (Wildman–Crippen MR) is 141 cm³/mol. The zero-order valence-corrected chi connectivity index (χ0v) is 21.9. The van der Waals surface area contributed by atoms with Crippen LogP contribution in [0.2, 0.25) is 0 Å². The smallest absolute Gasteiger partial charge is 0.270 e. The standard InChI is InChI=1S/C25H31N7O3S/c1-6-31-24(35)21(36-25(31)20(13-27)23(34)28-11-10-26)14-29-18-8-7-9-19(12-18)30-22(33)15-32(16(2)3)17(4)5/h7-9,12,14,16-17,29H,6,11,15H2,1-5H3,(H,28,34)(H,30,33). The van der Waals surface area contributed by atoms with Crippen molar-refractivity contribution in [3.63, 3.8) is 0 Å². The number of hydrogen-bond acceptors (Lipinski definition) is 8. The number of aromatic nitrogens is 1. The summed E-state index contributed by atoms with van der Waals surface area (Å²) in [5, 5.41) is 26.4. The van der Waals surface area contributed by atoms with Gasteiger partial charge in [0.05, 0.1) is 12.6 Å². The van der Waals surface area contributed by atoms with Crippen molar-refractivity contribution in [1.29, 1.82) is 10.5 Å². The molecule has 0 aliphatic heterocycles. The van der Waals surface area contributed by atoms with Gasteiger partial charge in [0.25, 0.3) is 11.5 Å². The highest BCUT2D eigenvalue weighted by atomic mass is 32.1. The van der Waals surface area contributed by atoms with Crippen LogP contribution in [0.15, 0.2) is 29.1 Å².